The molecule has 0 radical (unpaired) electrons. The van der Waals surface area contributed by atoms with E-state index in [9.17, 15) is 17.6 Å². The average molecular weight is 309 g/mol. The second-order valence-electron chi connectivity index (χ2n) is 4.29. The molecule has 0 bridgehead atoms. The number of pyridine rings is 1. The van der Waals surface area contributed by atoms with Crippen molar-refractivity contribution in [1.29, 1.82) is 0 Å². The number of benzene rings is 1. The number of carbonyl (C=O) groups excluding carboxylic acids is 1. The van der Waals surface area contributed by atoms with Gasteiger partial charge in [-0.15, -0.1) is 0 Å². The number of anilines is 1. The highest BCUT2D eigenvalue weighted by molar-refractivity contribution is 7.89. The SMILES string of the molecule is Cc1c(NC(=O)c2ccc(F)cn2)cccc1S(N)(=O)=O. The van der Waals surface area contributed by atoms with Crippen LogP contribution in [-0.2, 0) is 10.0 Å². The van der Waals surface area contributed by atoms with Crippen LogP contribution in [0.2, 0.25) is 0 Å². The molecule has 0 fully saturated rings. The minimum Gasteiger partial charge on any atom is -0.320 e. The fourth-order valence-electron chi connectivity index (χ4n) is 1.75. The van der Waals surface area contributed by atoms with Gasteiger partial charge in [0.25, 0.3) is 5.91 Å². The number of rotatable bonds is 3. The van der Waals surface area contributed by atoms with Gasteiger partial charge in [-0.3, -0.25) is 4.79 Å². The van der Waals surface area contributed by atoms with Crippen LogP contribution in [0.1, 0.15) is 16.1 Å². The molecule has 0 aliphatic carbocycles. The molecule has 1 amide bonds. The molecule has 0 saturated heterocycles. The molecule has 1 aromatic carbocycles. The summed E-state index contributed by atoms with van der Waals surface area (Å²) >= 11 is 0. The summed E-state index contributed by atoms with van der Waals surface area (Å²) < 4.78 is 35.6. The summed E-state index contributed by atoms with van der Waals surface area (Å²) in [5.74, 6) is -1.14. The molecule has 1 aromatic heterocycles. The molecular weight excluding hydrogens is 297 g/mol. The van der Waals surface area contributed by atoms with Gasteiger partial charge in [-0.1, -0.05) is 6.07 Å². The quantitative estimate of drug-likeness (QED) is 0.895. The van der Waals surface area contributed by atoms with E-state index in [4.69, 9.17) is 5.14 Å². The molecule has 8 heteroatoms. The number of carbonyl (C=O) groups is 1. The average Bonchev–Trinajstić information content (AvgIpc) is 2.40. The van der Waals surface area contributed by atoms with Gasteiger partial charge in [0.15, 0.2) is 0 Å². The Morgan fingerprint density at radius 1 is 1.29 bits per heavy atom. The molecule has 0 spiro atoms. The zero-order valence-corrected chi connectivity index (χ0v) is 11.8. The first-order chi connectivity index (χ1) is 9.79. The largest absolute Gasteiger partial charge is 0.320 e. The molecule has 0 saturated carbocycles. The molecule has 21 heavy (non-hydrogen) atoms. The molecule has 3 N–H and O–H groups in total. The van der Waals surface area contributed by atoms with E-state index in [1.807, 2.05) is 0 Å². The van der Waals surface area contributed by atoms with Crippen molar-refractivity contribution >= 4 is 21.6 Å². The standard InChI is InChI=1S/C13H12FN3O3S/c1-8-10(3-2-4-12(8)21(15,19)20)17-13(18)11-6-5-9(14)7-16-11/h2-7H,1H3,(H,17,18)(H2,15,19,20). The van der Waals surface area contributed by atoms with Gasteiger partial charge in [-0.25, -0.2) is 22.9 Å². The number of nitrogens with zero attached hydrogens (tertiary/aromatic N) is 1. The van der Waals surface area contributed by atoms with Crippen molar-refractivity contribution in [2.24, 2.45) is 5.14 Å². The number of aromatic nitrogens is 1. The minimum atomic E-state index is -3.88. The molecule has 1 heterocycles. The van der Waals surface area contributed by atoms with Gasteiger partial charge < -0.3 is 5.32 Å². The summed E-state index contributed by atoms with van der Waals surface area (Å²) in [5, 5.41) is 7.61. The zero-order chi connectivity index (χ0) is 15.6. The van der Waals surface area contributed by atoms with E-state index in [-0.39, 0.29) is 16.3 Å². The van der Waals surface area contributed by atoms with E-state index >= 15 is 0 Å². The monoisotopic (exact) mass is 309 g/mol. The predicted octanol–water partition coefficient (Wildman–Crippen LogP) is 1.43. The maximum Gasteiger partial charge on any atom is 0.274 e. The van der Waals surface area contributed by atoms with Crippen LogP contribution in [0.3, 0.4) is 0 Å². The number of hydrogen-bond donors (Lipinski definition) is 2. The van der Waals surface area contributed by atoms with Crippen molar-refractivity contribution < 1.29 is 17.6 Å². The third-order valence-electron chi connectivity index (χ3n) is 2.80. The Morgan fingerprint density at radius 3 is 2.57 bits per heavy atom. The van der Waals surface area contributed by atoms with E-state index in [2.05, 4.69) is 10.3 Å². The normalized spacial score (nSPS) is 11.2. The third kappa shape index (κ3) is 3.41. The predicted molar refractivity (Wildman–Crippen MR) is 74.7 cm³/mol. The van der Waals surface area contributed by atoms with E-state index in [0.29, 0.717) is 5.56 Å². The van der Waals surface area contributed by atoms with Crippen LogP contribution in [0.25, 0.3) is 0 Å². The Bertz CT molecular complexity index is 789. The summed E-state index contributed by atoms with van der Waals surface area (Å²) in [5.41, 5.74) is 0.616. The number of halogens is 1. The highest BCUT2D eigenvalue weighted by atomic mass is 32.2. The molecule has 0 atom stereocenters. The fourth-order valence-corrected chi connectivity index (χ4v) is 2.56. The molecular formula is C13H12FN3O3S. The highest BCUT2D eigenvalue weighted by Crippen LogP contribution is 2.22. The van der Waals surface area contributed by atoms with Crippen LogP contribution in [0.5, 0.6) is 0 Å². The summed E-state index contributed by atoms with van der Waals surface area (Å²) in [4.78, 5) is 15.5. The summed E-state index contributed by atoms with van der Waals surface area (Å²) in [6.45, 7) is 1.52. The highest BCUT2D eigenvalue weighted by Gasteiger charge is 2.16. The Labute approximate surface area is 120 Å². The topological polar surface area (TPSA) is 102 Å². The lowest BCUT2D eigenvalue weighted by Gasteiger charge is -2.11. The molecule has 0 aliphatic rings. The smallest absolute Gasteiger partial charge is 0.274 e. The van der Waals surface area contributed by atoms with Gasteiger partial charge in [0.05, 0.1) is 11.1 Å². The summed E-state index contributed by atoms with van der Waals surface area (Å²) in [7, 11) is -3.88. The Kier molecular flexibility index (Phi) is 4.01. The Hall–Kier alpha value is -2.32. The Morgan fingerprint density at radius 2 is 2.00 bits per heavy atom. The number of primary sulfonamides is 1. The Balaban J connectivity index is 2.32. The van der Waals surface area contributed by atoms with Crippen molar-refractivity contribution in [3.05, 3.63) is 53.6 Å². The lowest BCUT2D eigenvalue weighted by molar-refractivity contribution is 0.102. The second-order valence-corrected chi connectivity index (χ2v) is 5.82. The van der Waals surface area contributed by atoms with Gasteiger partial charge in [-0.2, -0.15) is 0 Å². The lowest BCUT2D eigenvalue weighted by atomic mass is 10.2. The van der Waals surface area contributed by atoms with E-state index in [1.54, 1.807) is 0 Å². The zero-order valence-electron chi connectivity index (χ0n) is 11.0. The number of nitrogens with two attached hydrogens (primary N) is 1. The first-order valence-electron chi connectivity index (χ1n) is 5.84. The van der Waals surface area contributed by atoms with Gasteiger partial charge in [-0.05, 0) is 36.8 Å². The molecule has 110 valence electrons. The summed E-state index contributed by atoms with van der Waals surface area (Å²) in [6.07, 6.45) is 0.919. The van der Waals surface area contributed by atoms with Gasteiger partial charge in [0.1, 0.15) is 11.5 Å². The molecule has 2 rings (SSSR count). The van der Waals surface area contributed by atoms with E-state index in [1.165, 1.54) is 31.2 Å². The van der Waals surface area contributed by atoms with E-state index < -0.39 is 21.7 Å². The molecule has 6 nitrogen and oxygen atoms in total. The van der Waals surface area contributed by atoms with Crippen molar-refractivity contribution in [3.63, 3.8) is 0 Å². The molecule has 0 aliphatic heterocycles. The third-order valence-corrected chi connectivity index (χ3v) is 3.85. The van der Waals surface area contributed by atoms with Crippen LogP contribution in [0.4, 0.5) is 10.1 Å². The minimum absolute atomic E-state index is 0.0109. The maximum absolute atomic E-state index is 12.8. The first-order valence-corrected chi connectivity index (χ1v) is 7.39. The molecule has 0 unspecified atom stereocenters. The van der Waals surface area contributed by atoms with Crippen molar-refractivity contribution in [1.82, 2.24) is 4.98 Å². The van der Waals surface area contributed by atoms with Crippen LogP contribution in [0.15, 0.2) is 41.4 Å². The number of sulfonamides is 1. The van der Waals surface area contributed by atoms with Gasteiger partial charge >= 0.3 is 0 Å². The van der Waals surface area contributed by atoms with Crippen molar-refractivity contribution in [2.75, 3.05) is 5.32 Å². The lowest BCUT2D eigenvalue weighted by Crippen LogP contribution is -2.17. The number of hydrogen-bond acceptors (Lipinski definition) is 4. The molecule has 2 aromatic rings. The first kappa shape index (κ1) is 15.1. The summed E-state index contributed by atoms with van der Waals surface area (Å²) in [6, 6.07) is 6.67. The van der Waals surface area contributed by atoms with Crippen LogP contribution in [0, 0.1) is 12.7 Å². The van der Waals surface area contributed by atoms with E-state index in [0.717, 1.165) is 12.3 Å². The van der Waals surface area contributed by atoms with Crippen molar-refractivity contribution in [2.45, 2.75) is 11.8 Å². The van der Waals surface area contributed by atoms with Crippen LogP contribution >= 0.6 is 0 Å². The van der Waals surface area contributed by atoms with Crippen LogP contribution in [-0.4, -0.2) is 19.3 Å². The van der Waals surface area contributed by atoms with Crippen molar-refractivity contribution in [3.8, 4) is 0 Å². The fraction of sp³-hybridized carbons (Fsp3) is 0.0769. The van der Waals surface area contributed by atoms with Gasteiger partial charge in [0, 0.05) is 5.69 Å². The van der Waals surface area contributed by atoms with Crippen LogP contribution < -0.4 is 10.5 Å². The number of nitrogens with one attached hydrogen (secondary N) is 1. The van der Waals surface area contributed by atoms with Gasteiger partial charge in [0.2, 0.25) is 10.0 Å². The number of amides is 1. The second kappa shape index (κ2) is 5.58. The maximum atomic E-state index is 12.8.